The fourth-order valence-electron chi connectivity index (χ4n) is 2.09. The molecule has 0 aliphatic carbocycles. The van der Waals surface area contributed by atoms with Crippen LogP contribution in [0.1, 0.15) is 25.5 Å². The fraction of sp³-hybridized carbons (Fsp3) is 0.571. The van der Waals surface area contributed by atoms with Gasteiger partial charge >= 0.3 is 0 Å². The molecule has 2 rings (SSSR count). The van der Waals surface area contributed by atoms with Crippen LogP contribution in [-0.2, 0) is 26.7 Å². The van der Waals surface area contributed by atoms with Crippen molar-refractivity contribution in [3.63, 3.8) is 0 Å². The Balaban J connectivity index is 0.00000264. The Morgan fingerprint density at radius 1 is 1.22 bits per heavy atom. The molecule has 0 unspecified atom stereocenters. The summed E-state index contributed by atoms with van der Waals surface area (Å²) in [6, 6.07) is 0. The lowest BCUT2D eigenvalue weighted by Crippen LogP contribution is -2.37. The van der Waals surface area contributed by atoms with Crippen LogP contribution in [0.2, 0.25) is 0 Å². The van der Waals surface area contributed by atoms with Gasteiger partial charge in [0.1, 0.15) is 18.0 Å². The second-order valence-corrected chi connectivity index (χ2v) is 5.47. The molecule has 2 aromatic heterocycles. The molecule has 0 saturated heterocycles. The van der Waals surface area contributed by atoms with Crippen LogP contribution in [0.5, 0.6) is 0 Å². The van der Waals surface area contributed by atoms with E-state index in [0.29, 0.717) is 25.0 Å². The smallest absolute Gasteiger partial charge is 0.191 e. The Morgan fingerprint density at radius 2 is 1.91 bits per heavy atom. The predicted molar refractivity (Wildman–Crippen MR) is 101 cm³/mol. The van der Waals surface area contributed by atoms with Crippen molar-refractivity contribution in [1.29, 1.82) is 0 Å². The van der Waals surface area contributed by atoms with Crippen molar-refractivity contribution in [2.75, 3.05) is 7.05 Å². The third kappa shape index (κ3) is 5.81. The highest BCUT2D eigenvalue weighted by Gasteiger charge is 2.07. The monoisotopic (exact) mass is 432 g/mol. The van der Waals surface area contributed by atoms with Crippen molar-refractivity contribution in [2.45, 2.75) is 33.5 Å². The SMILES string of the molecule is CN=C(NCc1nccn1CC(C)C)NCc1ncnn1C.I. The van der Waals surface area contributed by atoms with Crippen molar-refractivity contribution >= 4 is 29.9 Å². The number of rotatable bonds is 6. The Labute approximate surface area is 153 Å². The van der Waals surface area contributed by atoms with Crippen LogP contribution in [0, 0.1) is 5.92 Å². The molecule has 9 heteroatoms. The van der Waals surface area contributed by atoms with Gasteiger partial charge in [-0.05, 0) is 5.92 Å². The van der Waals surface area contributed by atoms with Crippen molar-refractivity contribution in [1.82, 2.24) is 34.9 Å². The number of imidazole rings is 1. The quantitative estimate of drug-likeness (QED) is 0.407. The summed E-state index contributed by atoms with van der Waals surface area (Å²) in [5, 5.41) is 10.5. The summed E-state index contributed by atoms with van der Waals surface area (Å²) in [7, 11) is 3.61. The third-order valence-electron chi connectivity index (χ3n) is 3.22. The second-order valence-electron chi connectivity index (χ2n) is 5.47. The standard InChI is InChI=1S/C14H24N8.HI/c1-11(2)9-22-6-5-16-13(22)8-18-14(15-3)17-7-12-19-10-20-21(12)4;/h5-6,10-11H,7-9H2,1-4H3,(H2,15,17,18);1H. The zero-order valence-corrected chi connectivity index (χ0v) is 16.4. The van der Waals surface area contributed by atoms with E-state index in [1.165, 1.54) is 6.33 Å². The van der Waals surface area contributed by atoms with Crippen molar-refractivity contribution in [3.05, 3.63) is 30.4 Å². The third-order valence-corrected chi connectivity index (χ3v) is 3.22. The van der Waals surface area contributed by atoms with Crippen LogP contribution >= 0.6 is 24.0 Å². The normalized spacial score (nSPS) is 11.4. The summed E-state index contributed by atoms with van der Waals surface area (Å²) in [6.07, 6.45) is 5.37. The number of nitrogens with one attached hydrogen (secondary N) is 2. The fourth-order valence-corrected chi connectivity index (χ4v) is 2.09. The number of hydrogen-bond donors (Lipinski definition) is 2. The maximum absolute atomic E-state index is 4.39. The summed E-state index contributed by atoms with van der Waals surface area (Å²) in [4.78, 5) is 12.8. The summed E-state index contributed by atoms with van der Waals surface area (Å²) < 4.78 is 3.89. The maximum Gasteiger partial charge on any atom is 0.191 e. The summed E-state index contributed by atoms with van der Waals surface area (Å²) in [5.41, 5.74) is 0. The van der Waals surface area contributed by atoms with Gasteiger partial charge < -0.3 is 15.2 Å². The van der Waals surface area contributed by atoms with E-state index in [4.69, 9.17) is 0 Å². The van der Waals surface area contributed by atoms with Gasteiger partial charge in [0, 0.05) is 33.0 Å². The number of nitrogens with zero attached hydrogens (tertiary/aromatic N) is 6. The van der Waals surface area contributed by atoms with Gasteiger partial charge in [0.15, 0.2) is 5.96 Å². The first-order chi connectivity index (χ1) is 10.6. The van der Waals surface area contributed by atoms with Gasteiger partial charge in [0.25, 0.3) is 0 Å². The maximum atomic E-state index is 4.39. The van der Waals surface area contributed by atoms with Crippen LogP contribution in [-0.4, -0.2) is 37.3 Å². The average Bonchev–Trinajstić information content (AvgIpc) is 3.08. The van der Waals surface area contributed by atoms with Crippen molar-refractivity contribution in [3.8, 4) is 0 Å². The number of halogens is 1. The van der Waals surface area contributed by atoms with E-state index in [0.717, 1.165) is 18.2 Å². The summed E-state index contributed by atoms with van der Waals surface area (Å²) in [5.74, 6) is 3.14. The van der Waals surface area contributed by atoms with Crippen molar-refractivity contribution in [2.24, 2.45) is 18.0 Å². The minimum atomic E-state index is 0. The molecular weight excluding hydrogens is 407 g/mol. The molecule has 2 heterocycles. The van der Waals surface area contributed by atoms with E-state index < -0.39 is 0 Å². The number of guanidine groups is 1. The van der Waals surface area contributed by atoms with Gasteiger partial charge in [-0.3, -0.25) is 9.67 Å². The second kappa shape index (κ2) is 9.48. The molecule has 2 N–H and O–H groups in total. The molecule has 23 heavy (non-hydrogen) atoms. The Hall–Kier alpha value is -1.65. The topological polar surface area (TPSA) is 84.9 Å². The molecule has 2 aromatic rings. The lowest BCUT2D eigenvalue weighted by atomic mass is 10.2. The molecule has 0 saturated carbocycles. The molecule has 0 atom stereocenters. The van der Waals surface area contributed by atoms with Crippen molar-refractivity contribution < 1.29 is 0 Å². The molecule has 0 aromatic carbocycles. The van der Waals surface area contributed by atoms with Gasteiger partial charge in [0.2, 0.25) is 0 Å². The lowest BCUT2D eigenvalue weighted by Gasteiger charge is -2.13. The van der Waals surface area contributed by atoms with E-state index >= 15 is 0 Å². The first-order valence-corrected chi connectivity index (χ1v) is 7.37. The molecule has 0 spiro atoms. The molecule has 0 aliphatic heterocycles. The minimum absolute atomic E-state index is 0. The molecule has 8 nitrogen and oxygen atoms in total. The largest absolute Gasteiger partial charge is 0.349 e. The van der Waals surface area contributed by atoms with E-state index in [1.54, 1.807) is 11.7 Å². The first-order valence-electron chi connectivity index (χ1n) is 7.37. The Morgan fingerprint density at radius 3 is 2.48 bits per heavy atom. The molecule has 0 radical (unpaired) electrons. The van der Waals surface area contributed by atoms with Gasteiger partial charge in [0.05, 0.1) is 13.1 Å². The van der Waals surface area contributed by atoms with Gasteiger partial charge in [-0.1, -0.05) is 13.8 Å². The highest BCUT2D eigenvalue weighted by molar-refractivity contribution is 14.0. The molecule has 0 fully saturated rings. The van der Waals surface area contributed by atoms with Crippen LogP contribution in [0.25, 0.3) is 0 Å². The number of aromatic nitrogens is 5. The highest BCUT2D eigenvalue weighted by atomic mass is 127. The summed E-state index contributed by atoms with van der Waals surface area (Å²) in [6.45, 7) is 6.54. The minimum Gasteiger partial charge on any atom is -0.349 e. The van der Waals surface area contributed by atoms with Crippen LogP contribution in [0.3, 0.4) is 0 Å². The first kappa shape index (κ1) is 19.4. The molecule has 0 amide bonds. The Kier molecular flexibility index (Phi) is 8.00. The molecular formula is C14H25IN8. The van der Waals surface area contributed by atoms with Gasteiger partial charge in [-0.15, -0.1) is 24.0 Å². The van der Waals surface area contributed by atoms with E-state index in [1.807, 2.05) is 19.4 Å². The number of aryl methyl sites for hydroxylation is 1. The molecule has 0 bridgehead atoms. The average molecular weight is 432 g/mol. The Bertz CT molecular complexity index is 616. The van der Waals surface area contributed by atoms with Crippen LogP contribution in [0.4, 0.5) is 0 Å². The molecule has 128 valence electrons. The lowest BCUT2D eigenvalue weighted by molar-refractivity contribution is 0.503. The van der Waals surface area contributed by atoms with E-state index in [9.17, 15) is 0 Å². The zero-order valence-electron chi connectivity index (χ0n) is 14.0. The predicted octanol–water partition coefficient (Wildman–Crippen LogP) is 1.15. The van der Waals surface area contributed by atoms with Gasteiger partial charge in [-0.2, -0.15) is 5.10 Å². The van der Waals surface area contributed by atoms with Gasteiger partial charge in [-0.25, -0.2) is 9.97 Å². The summed E-state index contributed by atoms with van der Waals surface area (Å²) >= 11 is 0. The number of hydrogen-bond acceptors (Lipinski definition) is 4. The van der Waals surface area contributed by atoms with Crippen LogP contribution in [0.15, 0.2) is 23.7 Å². The zero-order chi connectivity index (χ0) is 15.9. The number of aliphatic imine (C=N–C) groups is 1. The van der Waals surface area contributed by atoms with E-state index in [-0.39, 0.29) is 24.0 Å². The molecule has 0 aliphatic rings. The highest BCUT2D eigenvalue weighted by Crippen LogP contribution is 2.03. The van der Waals surface area contributed by atoms with E-state index in [2.05, 4.69) is 49.1 Å². The van der Waals surface area contributed by atoms with Crippen LogP contribution < -0.4 is 10.6 Å².